The van der Waals surface area contributed by atoms with Crippen LogP contribution in [0, 0.1) is 0 Å². The van der Waals surface area contributed by atoms with Crippen LogP contribution in [0.1, 0.15) is 54.7 Å². The van der Waals surface area contributed by atoms with Gasteiger partial charge in [0, 0.05) is 17.7 Å². The molecule has 128 valence electrons. The minimum Gasteiger partial charge on any atom is -0.506 e. The predicted molar refractivity (Wildman–Crippen MR) is 95.9 cm³/mol. The van der Waals surface area contributed by atoms with Crippen molar-refractivity contribution in [3.63, 3.8) is 0 Å². The first-order valence-corrected chi connectivity index (χ1v) is 8.52. The summed E-state index contributed by atoms with van der Waals surface area (Å²) in [5.41, 5.74) is 2.61. The van der Waals surface area contributed by atoms with Gasteiger partial charge in [0.25, 0.3) is 5.91 Å². The van der Waals surface area contributed by atoms with Crippen LogP contribution in [0.3, 0.4) is 0 Å². The van der Waals surface area contributed by atoms with Crippen molar-refractivity contribution >= 4 is 22.6 Å². The van der Waals surface area contributed by atoms with E-state index in [1.807, 2.05) is 24.6 Å². The highest BCUT2D eigenvalue weighted by molar-refractivity contribution is 6.12. The average molecular weight is 336 g/mol. The van der Waals surface area contributed by atoms with Gasteiger partial charge >= 0.3 is 0 Å². The van der Waals surface area contributed by atoms with Gasteiger partial charge in [-0.05, 0) is 44.9 Å². The third-order valence-corrected chi connectivity index (χ3v) is 4.47. The van der Waals surface area contributed by atoms with E-state index in [0.717, 1.165) is 29.6 Å². The number of carbonyl (C=O) groups excluding carboxylic acids is 1. The number of phenols is 1. The van der Waals surface area contributed by atoms with Gasteiger partial charge in [0.2, 0.25) is 0 Å². The molecule has 1 saturated carbocycles. The lowest BCUT2D eigenvalue weighted by Crippen LogP contribution is -2.14. The van der Waals surface area contributed by atoms with Crippen LogP contribution in [-0.2, 0) is 0 Å². The highest BCUT2D eigenvalue weighted by Crippen LogP contribution is 2.40. The Morgan fingerprint density at radius 2 is 2.08 bits per heavy atom. The van der Waals surface area contributed by atoms with E-state index >= 15 is 0 Å². The summed E-state index contributed by atoms with van der Waals surface area (Å²) in [6.07, 6.45) is 3.91. The van der Waals surface area contributed by atoms with Gasteiger partial charge in [-0.25, -0.2) is 9.67 Å². The highest BCUT2D eigenvalue weighted by Gasteiger charge is 2.28. The van der Waals surface area contributed by atoms with Crippen LogP contribution in [0.2, 0.25) is 0 Å². The Balaban J connectivity index is 1.80. The van der Waals surface area contributed by atoms with Crippen molar-refractivity contribution in [1.82, 2.24) is 14.8 Å². The number of fused-ring (bicyclic) bond motifs is 1. The van der Waals surface area contributed by atoms with Crippen molar-refractivity contribution in [2.45, 2.75) is 38.6 Å². The fraction of sp³-hybridized carbons (Fsp3) is 0.316. The molecule has 4 rings (SSSR count). The van der Waals surface area contributed by atoms with E-state index in [-0.39, 0.29) is 17.7 Å². The zero-order valence-electron chi connectivity index (χ0n) is 14.2. The van der Waals surface area contributed by atoms with Gasteiger partial charge in [-0.15, -0.1) is 0 Å². The number of nitrogens with one attached hydrogen (secondary N) is 1. The van der Waals surface area contributed by atoms with Gasteiger partial charge < -0.3 is 10.4 Å². The number of anilines is 1. The molecule has 0 saturated heterocycles. The maximum atomic E-state index is 12.9. The van der Waals surface area contributed by atoms with Gasteiger partial charge in [-0.1, -0.05) is 12.1 Å². The molecule has 1 aromatic carbocycles. The van der Waals surface area contributed by atoms with Crippen molar-refractivity contribution in [3.8, 4) is 5.75 Å². The number of aromatic hydroxyl groups is 1. The smallest absolute Gasteiger partial charge is 0.256 e. The number of amides is 1. The number of phenolic OH excluding ortho intramolecular Hbond substituents is 1. The van der Waals surface area contributed by atoms with Gasteiger partial charge in [0.1, 0.15) is 5.75 Å². The molecule has 2 N–H and O–H groups in total. The number of pyridine rings is 1. The Morgan fingerprint density at radius 3 is 2.76 bits per heavy atom. The summed E-state index contributed by atoms with van der Waals surface area (Å²) in [6.45, 7) is 4.08. The monoisotopic (exact) mass is 336 g/mol. The molecule has 3 aromatic rings. The molecular formula is C19H20N4O2. The van der Waals surface area contributed by atoms with Crippen LogP contribution < -0.4 is 5.32 Å². The summed E-state index contributed by atoms with van der Waals surface area (Å²) < 4.78 is 1.85. The lowest BCUT2D eigenvalue weighted by Gasteiger charge is -2.11. The number of rotatable bonds is 4. The van der Waals surface area contributed by atoms with E-state index in [0.29, 0.717) is 17.2 Å². The summed E-state index contributed by atoms with van der Waals surface area (Å²) >= 11 is 0. The summed E-state index contributed by atoms with van der Waals surface area (Å²) in [4.78, 5) is 17.6. The van der Waals surface area contributed by atoms with Crippen LogP contribution in [-0.4, -0.2) is 25.8 Å². The predicted octanol–water partition coefficient (Wildman–Crippen LogP) is 3.85. The fourth-order valence-corrected chi connectivity index (χ4v) is 2.96. The largest absolute Gasteiger partial charge is 0.506 e. The van der Waals surface area contributed by atoms with Crippen molar-refractivity contribution in [2.75, 3.05) is 5.32 Å². The minimum atomic E-state index is -0.265. The quantitative estimate of drug-likeness (QED) is 0.709. The Hall–Kier alpha value is -2.89. The maximum Gasteiger partial charge on any atom is 0.256 e. The van der Waals surface area contributed by atoms with E-state index in [4.69, 9.17) is 4.98 Å². The van der Waals surface area contributed by atoms with Gasteiger partial charge in [-0.3, -0.25) is 4.79 Å². The third-order valence-electron chi connectivity index (χ3n) is 4.47. The van der Waals surface area contributed by atoms with Crippen LogP contribution >= 0.6 is 0 Å². The molecule has 6 nitrogen and oxygen atoms in total. The minimum absolute atomic E-state index is 0.0430. The van der Waals surface area contributed by atoms with Gasteiger partial charge in [0.15, 0.2) is 5.65 Å². The number of aromatic nitrogens is 3. The molecule has 2 heterocycles. The number of hydrogen-bond donors (Lipinski definition) is 2. The summed E-state index contributed by atoms with van der Waals surface area (Å²) in [5.74, 6) is 0.206. The molecule has 1 aliphatic rings. The normalized spacial score (nSPS) is 14.2. The average Bonchev–Trinajstić information content (AvgIpc) is 3.35. The molecule has 0 radical (unpaired) electrons. The van der Waals surface area contributed by atoms with Crippen LogP contribution in [0.25, 0.3) is 11.0 Å². The molecule has 2 aromatic heterocycles. The van der Waals surface area contributed by atoms with Gasteiger partial charge in [-0.2, -0.15) is 5.10 Å². The lowest BCUT2D eigenvalue weighted by atomic mass is 10.1. The Labute approximate surface area is 145 Å². The van der Waals surface area contributed by atoms with Crippen molar-refractivity contribution in [3.05, 3.63) is 47.8 Å². The summed E-state index contributed by atoms with van der Waals surface area (Å²) in [5, 5.41) is 17.8. The number of para-hydroxylation sites is 2. The van der Waals surface area contributed by atoms with E-state index in [9.17, 15) is 9.90 Å². The molecular weight excluding hydrogens is 316 g/mol. The van der Waals surface area contributed by atoms with E-state index in [2.05, 4.69) is 10.4 Å². The SMILES string of the molecule is CC(C)n1ncc2c(C(=O)Nc3ccccc3O)cc(C3CC3)nc21. The van der Waals surface area contributed by atoms with E-state index in [1.165, 1.54) is 0 Å². The molecule has 0 aliphatic heterocycles. The summed E-state index contributed by atoms with van der Waals surface area (Å²) in [6, 6.07) is 8.72. The zero-order chi connectivity index (χ0) is 17.6. The van der Waals surface area contributed by atoms with Crippen molar-refractivity contribution in [1.29, 1.82) is 0 Å². The molecule has 0 atom stereocenters. The molecule has 1 fully saturated rings. The third kappa shape index (κ3) is 2.84. The van der Waals surface area contributed by atoms with E-state index in [1.54, 1.807) is 30.5 Å². The molecule has 1 amide bonds. The highest BCUT2D eigenvalue weighted by atomic mass is 16.3. The van der Waals surface area contributed by atoms with E-state index < -0.39 is 0 Å². The standard InChI is InChI=1S/C19H20N4O2/c1-11(2)23-18-14(10-20-23)13(9-16(21-18)12-7-8-12)19(25)22-15-5-3-4-6-17(15)24/h3-6,9-12,24H,7-8H2,1-2H3,(H,22,25). The van der Waals surface area contributed by atoms with Crippen LogP contribution in [0.5, 0.6) is 5.75 Å². The van der Waals surface area contributed by atoms with Gasteiger partial charge in [0.05, 0.1) is 22.8 Å². The zero-order valence-corrected chi connectivity index (χ0v) is 14.2. The Morgan fingerprint density at radius 1 is 1.32 bits per heavy atom. The van der Waals surface area contributed by atoms with Crippen LogP contribution in [0.4, 0.5) is 5.69 Å². The first kappa shape index (κ1) is 15.6. The van der Waals surface area contributed by atoms with Crippen molar-refractivity contribution in [2.24, 2.45) is 0 Å². The fourth-order valence-electron chi connectivity index (χ4n) is 2.96. The Kier molecular flexibility index (Phi) is 3.67. The molecule has 0 unspecified atom stereocenters. The second-order valence-corrected chi connectivity index (χ2v) is 6.76. The molecule has 0 bridgehead atoms. The number of nitrogens with zero attached hydrogens (tertiary/aromatic N) is 3. The first-order valence-electron chi connectivity index (χ1n) is 8.52. The molecule has 0 spiro atoms. The number of hydrogen-bond acceptors (Lipinski definition) is 4. The number of benzene rings is 1. The molecule has 1 aliphatic carbocycles. The number of carbonyl (C=O) groups is 1. The summed E-state index contributed by atoms with van der Waals surface area (Å²) in [7, 11) is 0. The van der Waals surface area contributed by atoms with Crippen LogP contribution in [0.15, 0.2) is 36.5 Å². The topological polar surface area (TPSA) is 80.0 Å². The molecule has 6 heteroatoms. The second kappa shape index (κ2) is 5.88. The maximum absolute atomic E-state index is 12.9. The molecule has 25 heavy (non-hydrogen) atoms. The Bertz CT molecular complexity index is 957. The second-order valence-electron chi connectivity index (χ2n) is 6.76. The van der Waals surface area contributed by atoms with Crippen molar-refractivity contribution < 1.29 is 9.90 Å². The lowest BCUT2D eigenvalue weighted by molar-refractivity contribution is 0.102. The first-order chi connectivity index (χ1) is 12.0.